The number of nitrogens with one attached hydrogen (secondary N) is 4. The van der Waals surface area contributed by atoms with Crippen LogP contribution in [0, 0.1) is 23.7 Å². The van der Waals surface area contributed by atoms with Crippen molar-refractivity contribution in [2.24, 2.45) is 5.73 Å². The van der Waals surface area contributed by atoms with Crippen molar-refractivity contribution < 1.29 is 24.3 Å². The number of ether oxygens (including phenoxy) is 1. The topological polar surface area (TPSA) is 155 Å². The molecule has 0 saturated carbocycles. The van der Waals surface area contributed by atoms with Crippen LogP contribution in [-0.2, 0) is 16.1 Å². The lowest BCUT2D eigenvalue weighted by atomic mass is 10.1. The standard InChI is InChI=1S/C30H29N5O5/c1-40-27-9-5-4-8-24(27)19-32-20-28(36)33-25-16-12-22(13-17-25)7-3-2-6-21-10-14-23(15-11-21)29(37)34-26(18-31)30(38)35-39/h4-5,8-17,26,32,39H,18-20,31H2,1H3,(H,33,36)(H,34,37)(H,35,38)/t26-/m0/s1. The van der Waals surface area contributed by atoms with E-state index in [1.54, 1.807) is 55.6 Å². The van der Waals surface area contributed by atoms with Crippen molar-refractivity contribution in [2.75, 3.05) is 25.5 Å². The minimum Gasteiger partial charge on any atom is -0.496 e. The minimum absolute atomic E-state index is 0.149. The van der Waals surface area contributed by atoms with Gasteiger partial charge in [-0.2, -0.15) is 0 Å². The summed E-state index contributed by atoms with van der Waals surface area (Å²) in [5.74, 6) is 10.6. The molecule has 3 aromatic carbocycles. The second kappa shape index (κ2) is 15.3. The molecular formula is C30H29N5O5. The van der Waals surface area contributed by atoms with Gasteiger partial charge in [-0.1, -0.05) is 30.0 Å². The number of anilines is 1. The van der Waals surface area contributed by atoms with E-state index in [9.17, 15) is 14.4 Å². The Balaban J connectivity index is 1.47. The molecule has 0 fully saturated rings. The van der Waals surface area contributed by atoms with Crippen molar-refractivity contribution in [1.82, 2.24) is 16.1 Å². The fraction of sp³-hybridized carbons (Fsp3) is 0.167. The molecule has 7 N–H and O–H groups in total. The molecule has 10 nitrogen and oxygen atoms in total. The number of hydrogen-bond donors (Lipinski definition) is 6. The van der Waals surface area contributed by atoms with Gasteiger partial charge in [0.15, 0.2) is 0 Å². The number of hydrogen-bond acceptors (Lipinski definition) is 7. The Kier molecular flexibility index (Phi) is 11.3. The van der Waals surface area contributed by atoms with Crippen LogP contribution in [0.25, 0.3) is 0 Å². The van der Waals surface area contributed by atoms with Crippen molar-refractivity contribution in [3.8, 4) is 29.4 Å². The van der Waals surface area contributed by atoms with Gasteiger partial charge in [0.2, 0.25) is 5.91 Å². The Hall–Kier alpha value is -5.13. The summed E-state index contributed by atoms with van der Waals surface area (Å²) in [6.07, 6.45) is 0. The summed E-state index contributed by atoms with van der Waals surface area (Å²) >= 11 is 0. The smallest absolute Gasteiger partial charge is 0.267 e. The number of para-hydroxylation sites is 1. The first kappa shape index (κ1) is 29.4. The van der Waals surface area contributed by atoms with Gasteiger partial charge in [-0.25, -0.2) is 5.48 Å². The summed E-state index contributed by atoms with van der Waals surface area (Å²) in [7, 11) is 1.61. The van der Waals surface area contributed by atoms with E-state index in [1.165, 1.54) is 5.48 Å². The molecule has 3 rings (SSSR count). The molecule has 3 amide bonds. The molecule has 0 spiro atoms. The molecular weight excluding hydrogens is 510 g/mol. The predicted octanol–water partition coefficient (Wildman–Crippen LogP) is 1.39. The van der Waals surface area contributed by atoms with E-state index in [1.807, 2.05) is 24.3 Å². The molecule has 0 aromatic heterocycles. The van der Waals surface area contributed by atoms with Crippen molar-refractivity contribution in [3.63, 3.8) is 0 Å². The maximum absolute atomic E-state index is 12.3. The molecule has 40 heavy (non-hydrogen) atoms. The number of amides is 3. The van der Waals surface area contributed by atoms with E-state index in [0.717, 1.165) is 16.9 Å². The first-order valence-electron chi connectivity index (χ1n) is 12.2. The number of benzene rings is 3. The molecule has 0 heterocycles. The largest absolute Gasteiger partial charge is 0.496 e. The Morgan fingerprint density at radius 2 is 1.55 bits per heavy atom. The molecule has 0 radical (unpaired) electrons. The van der Waals surface area contributed by atoms with E-state index < -0.39 is 17.9 Å². The average Bonchev–Trinajstić information content (AvgIpc) is 2.99. The number of carbonyl (C=O) groups is 3. The van der Waals surface area contributed by atoms with Gasteiger partial charge in [-0.3, -0.25) is 19.6 Å². The molecule has 0 saturated heterocycles. The van der Waals surface area contributed by atoms with Gasteiger partial charge in [-0.05, 0) is 66.4 Å². The lowest BCUT2D eigenvalue weighted by molar-refractivity contribution is -0.130. The summed E-state index contributed by atoms with van der Waals surface area (Å²) in [4.78, 5) is 35.9. The van der Waals surface area contributed by atoms with Crippen molar-refractivity contribution in [1.29, 1.82) is 0 Å². The molecule has 204 valence electrons. The zero-order valence-electron chi connectivity index (χ0n) is 21.8. The second-order valence-electron chi connectivity index (χ2n) is 8.36. The van der Waals surface area contributed by atoms with Crippen LogP contribution in [0.1, 0.15) is 27.0 Å². The highest BCUT2D eigenvalue weighted by atomic mass is 16.5. The van der Waals surface area contributed by atoms with Crippen LogP contribution in [-0.4, -0.2) is 49.2 Å². The highest BCUT2D eigenvalue weighted by molar-refractivity contribution is 5.97. The first-order chi connectivity index (χ1) is 19.4. The third-order valence-electron chi connectivity index (χ3n) is 5.55. The van der Waals surface area contributed by atoms with Crippen LogP contribution in [0.15, 0.2) is 72.8 Å². The van der Waals surface area contributed by atoms with Gasteiger partial charge in [0.1, 0.15) is 11.8 Å². The minimum atomic E-state index is -1.05. The van der Waals surface area contributed by atoms with Crippen LogP contribution in [0.3, 0.4) is 0 Å². The van der Waals surface area contributed by atoms with E-state index in [-0.39, 0.29) is 19.0 Å². The SMILES string of the molecule is COc1ccccc1CNCC(=O)Nc1ccc(C#CC#Cc2ccc(C(=O)N[C@@H](CN)C(=O)NO)cc2)cc1. The summed E-state index contributed by atoms with van der Waals surface area (Å²) < 4.78 is 5.31. The molecule has 3 aromatic rings. The van der Waals surface area contributed by atoms with E-state index >= 15 is 0 Å². The van der Waals surface area contributed by atoms with E-state index in [4.69, 9.17) is 15.7 Å². The summed E-state index contributed by atoms with van der Waals surface area (Å²) in [5, 5.41) is 17.1. The molecule has 0 aliphatic carbocycles. The number of nitrogens with two attached hydrogens (primary N) is 1. The van der Waals surface area contributed by atoms with E-state index in [2.05, 4.69) is 39.6 Å². The number of carbonyl (C=O) groups excluding carboxylic acids is 3. The number of hydroxylamine groups is 1. The van der Waals surface area contributed by atoms with Crippen LogP contribution in [0.4, 0.5) is 5.69 Å². The molecule has 0 aliphatic heterocycles. The van der Waals surface area contributed by atoms with Crippen LogP contribution < -0.4 is 31.9 Å². The Morgan fingerprint density at radius 3 is 2.15 bits per heavy atom. The lowest BCUT2D eigenvalue weighted by Crippen LogP contribution is -2.50. The molecule has 0 bridgehead atoms. The highest BCUT2D eigenvalue weighted by Gasteiger charge is 2.19. The molecule has 0 unspecified atom stereocenters. The van der Waals surface area contributed by atoms with Gasteiger partial charge in [-0.15, -0.1) is 0 Å². The number of methoxy groups -OCH3 is 1. The fourth-order valence-corrected chi connectivity index (χ4v) is 3.46. The maximum atomic E-state index is 12.3. The molecule has 1 atom stereocenters. The Bertz CT molecular complexity index is 1450. The second-order valence-corrected chi connectivity index (χ2v) is 8.36. The molecule has 10 heteroatoms. The van der Waals surface area contributed by atoms with Crippen LogP contribution >= 0.6 is 0 Å². The van der Waals surface area contributed by atoms with Gasteiger partial charge in [0, 0.05) is 41.0 Å². The molecule has 0 aliphatic rings. The monoisotopic (exact) mass is 539 g/mol. The van der Waals surface area contributed by atoms with Crippen LogP contribution in [0.5, 0.6) is 5.75 Å². The van der Waals surface area contributed by atoms with Gasteiger partial charge < -0.3 is 26.4 Å². The maximum Gasteiger partial charge on any atom is 0.267 e. The van der Waals surface area contributed by atoms with Crippen molar-refractivity contribution >= 4 is 23.4 Å². The summed E-state index contributed by atoms with van der Waals surface area (Å²) in [6, 6.07) is 20.1. The zero-order valence-corrected chi connectivity index (χ0v) is 21.8. The summed E-state index contributed by atoms with van der Waals surface area (Å²) in [5.41, 5.74) is 10.2. The third kappa shape index (κ3) is 9.01. The first-order valence-corrected chi connectivity index (χ1v) is 12.2. The predicted molar refractivity (Wildman–Crippen MR) is 150 cm³/mol. The van der Waals surface area contributed by atoms with Gasteiger partial charge >= 0.3 is 0 Å². The number of rotatable bonds is 10. The lowest BCUT2D eigenvalue weighted by Gasteiger charge is -2.14. The van der Waals surface area contributed by atoms with Crippen LogP contribution in [0.2, 0.25) is 0 Å². The zero-order chi connectivity index (χ0) is 28.7. The summed E-state index contributed by atoms with van der Waals surface area (Å²) in [6.45, 7) is 0.490. The van der Waals surface area contributed by atoms with Gasteiger partial charge in [0.05, 0.1) is 13.7 Å². The Labute approximate surface area is 232 Å². The Morgan fingerprint density at radius 1 is 0.925 bits per heavy atom. The highest BCUT2D eigenvalue weighted by Crippen LogP contribution is 2.16. The quantitative estimate of drug-likeness (QED) is 0.129. The van der Waals surface area contributed by atoms with Crippen molar-refractivity contribution in [3.05, 3.63) is 95.1 Å². The van der Waals surface area contributed by atoms with Gasteiger partial charge in [0.25, 0.3) is 11.8 Å². The fourth-order valence-electron chi connectivity index (χ4n) is 3.46. The van der Waals surface area contributed by atoms with E-state index in [0.29, 0.717) is 23.4 Å². The van der Waals surface area contributed by atoms with Crippen molar-refractivity contribution in [2.45, 2.75) is 12.6 Å². The average molecular weight is 540 g/mol. The normalized spacial score (nSPS) is 10.6. The third-order valence-corrected chi connectivity index (χ3v) is 5.55.